The van der Waals surface area contributed by atoms with Crippen molar-refractivity contribution in [2.45, 2.75) is 19.8 Å². The molecule has 7 heavy (non-hydrogen) atoms. The lowest BCUT2D eigenvalue weighted by molar-refractivity contribution is 0.553. The molecule has 0 spiro atoms. The maximum absolute atomic E-state index is 3.29. The van der Waals surface area contributed by atoms with Gasteiger partial charge in [0, 0.05) is 0 Å². The van der Waals surface area contributed by atoms with E-state index >= 15 is 0 Å². The van der Waals surface area contributed by atoms with Crippen LogP contribution in [0.1, 0.15) is 19.8 Å². The first kappa shape index (κ1) is 5.10. The van der Waals surface area contributed by atoms with Crippen LogP contribution in [0.15, 0.2) is 0 Å². The molecular formula is C6H12N. The molecule has 1 heterocycles. The molecule has 0 amide bonds. The van der Waals surface area contributed by atoms with Crippen LogP contribution in [0.4, 0.5) is 0 Å². The summed E-state index contributed by atoms with van der Waals surface area (Å²) in [7, 11) is 0. The number of rotatable bonds is 0. The summed E-state index contributed by atoms with van der Waals surface area (Å²) in [5.74, 6) is 1.65. The number of hydrogen-bond donors (Lipinski definition) is 1. The summed E-state index contributed by atoms with van der Waals surface area (Å²) in [4.78, 5) is 0. The summed E-state index contributed by atoms with van der Waals surface area (Å²) < 4.78 is 0. The molecule has 41 valence electrons. The second-order valence-electron chi connectivity index (χ2n) is 2.21. The predicted molar refractivity (Wildman–Crippen MR) is 31.0 cm³/mol. The number of hydrogen-bond acceptors (Lipinski definition) is 1. The van der Waals surface area contributed by atoms with E-state index in [1.54, 1.807) is 5.92 Å². The Labute approximate surface area is 45.1 Å². The zero-order valence-corrected chi connectivity index (χ0v) is 4.83. The third-order valence-corrected chi connectivity index (χ3v) is 1.46. The van der Waals surface area contributed by atoms with Gasteiger partial charge in [0.25, 0.3) is 0 Å². The molecule has 0 unspecified atom stereocenters. The molecule has 0 aliphatic carbocycles. The molecule has 1 aliphatic rings. The lowest BCUT2D eigenvalue weighted by Gasteiger charge is -2.16. The third kappa shape index (κ3) is 1.48. The highest BCUT2D eigenvalue weighted by atomic mass is 14.9. The monoisotopic (exact) mass is 98.1 g/mol. The topological polar surface area (TPSA) is 12.0 Å². The Kier molecular flexibility index (Phi) is 1.69. The van der Waals surface area contributed by atoms with Gasteiger partial charge in [0.05, 0.1) is 0 Å². The molecule has 1 radical (unpaired) electrons. The van der Waals surface area contributed by atoms with Gasteiger partial charge < -0.3 is 5.32 Å². The van der Waals surface area contributed by atoms with Crippen LogP contribution < -0.4 is 5.32 Å². The van der Waals surface area contributed by atoms with Gasteiger partial charge in [-0.3, -0.25) is 0 Å². The molecule has 1 heteroatoms. The fourth-order valence-corrected chi connectivity index (χ4v) is 0.854. The normalized spacial score (nSPS) is 25.3. The van der Waals surface area contributed by atoms with Gasteiger partial charge in [0.2, 0.25) is 0 Å². The summed E-state index contributed by atoms with van der Waals surface area (Å²) in [6.45, 7) is 4.64. The first-order chi connectivity index (χ1) is 3.39. The molecule has 1 rings (SSSR count). The minimum absolute atomic E-state index is 1.20. The average Bonchev–Trinajstić information content (AvgIpc) is 1.69. The Hall–Kier alpha value is -0.0400. The lowest BCUT2D eigenvalue weighted by atomic mass is 10.0. The minimum Gasteiger partial charge on any atom is -0.317 e. The van der Waals surface area contributed by atoms with Crippen molar-refractivity contribution in [2.75, 3.05) is 13.1 Å². The van der Waals surface area contributed by atoms with Crippen molar-refractivity contribution in [3.05, 3.63) is 5.92 Å². The van der Waals surface area contributed by atoms with Gasteiger partial charge in [0.1, 0.15) is 0 Å². The molecule has 1 nitrogen and oxygen atoms in total. The van der Waals surface area contributed by atoms with Crippen molar-refractivity contribution in [1.82, 2.24) is 5.32 Å². The largest absolute Gasteiger partial charge is 0.317 e. The third-order valence-electron chi connectivity index (χ3n) is 1.46. The average molecular weight is 98.2 g/mol. The summed E-state index contributed by atoms with van der Waals surface area (Å²) in [5.41, 5.74) is 0. The van der Waals surface area contributed by atoms with E-state index in [1.807, 2.05) is 0 Å². The van der Waals surface area contributed by atoms with Crippen LogP contribution in [0, 0.1) is 5.92 Å². The Morgan fingerprint density at radius 2 is 1.86 bits per heavy atom. The van der Waals surface area contributed by atoms with Gasteiger partial charge in [-0.1, -0.05) is 6.92 Å². The van der Waals surface area contributed by atoms with Crippen molar-refractivity contribution in [1.29, 1.82) is 0 Å². The molecule has 0 aromatic carbocycles. The molecular weight excluding hydrogens is 86.1 g/mol. The fourth-order valence-electron chi connectivity index (χ4n) is 0.854. The van der Waals surface area contributed by atoms with E-state index in [-0.39, 0.29) is 0 Å². The zero-order chi connectivity index (χ0) is 5.11. The van der Waals surface area contributed by atoms with Crippen LogP contribution in [0.3, 0.4) is 0 Å². The molecule has 0 saturated carbocycles. The van der Waals surface area contributed by atoms with Crippen molar-refractivity contribution in [2.24, 2.45) is 0 Å². The van der Waals surface area contributed by atoms with E-state index in [0.717, 1.165) is 0 Å². The molecule has 1 saturated heterocycles. The first-order valence-electron chi connectivity index (χ1n) is 2.91. The van der Waals surface area contributed by atoms with Crippen molar-refractivity contribution >= 4 is 0 Å². The molecule has 0 atom stereocenters. The SMILES string of the molecule is C[C]1CCNCC1. The number of piperidine rings is 1. The van der Waals surface area contributed by atoms with E-state index in [2.05, 4.69) is 12.2 Å². The highest BCUT2D eigenvalue weighted by Gasteiger charge is 2.05. The second-order valence-corrected chi connectivity index (χ2v) is 2.21. The van der Waals surface area contributed by atoms with Crippen LogP contribution in [0.25, 0.3) is 0 Å². The van der Waals surface area contributed by atoms with Crippen molar-refractivity contribution in [3.63, 3.8) is 0 Å². The maximum atomic E-state index is 3.29. The summed E-state index contributed by atoms with van der Waals surface area (Å²) >= 11 is 0. The summed E-state index contributed by atoms with van der Waals surface area (Å²) in [5, 5.41) is 3.29. The van der Waals surface area contributed by atoms with Crippen LogP contribution in [0.5, 0.6) is 0 Å². The summed E-state index contributed by atoms with van der Waals surface area (Å²) in [6.07, 6.45) is 2.58. The van der Waals surface area contributed by atoms with Crippen molar-refractivity contribution in [3.8, 4) is 0 Å². The lowest BCUT2D eigenvalue weighted by Crippen LogP contribution is -2.25. The molecule has 1 aliphatic heterocycles. The number of nitrogens with one attached hydrogen (secondary N) is 1. The van der Waals surface area contributed by atoms with Gasteiger partial charge in [-0.05, 0) is 31.8 Å². The van der Waals surface area contributed by atoms with Crippen LogP contribution in [0.2, 0.25) is 0 Å². The zero-order valence-electron chi connectivity index (χ0n) is 4.83. The Morgan fingerprint density at radius 1 is 1.29 bits per heavy atom. The van der Waals surface area contributed by atoms with Crippen LogP contribution >= 0.6 is 0 Å². The van der Waals surface area contributed by atoms with Crippen LogP contribution in [-0.2, 0) is 0 Å². The van der Waals surface area contributed by atoms with E-state index in [9.17, 15) is 0 Å². The van der Waals surface area contributed by atoms with Gasteiger partial charge in [-0.25, -0.2) is 0 Å². The predicted octanol–water partition coefficient (Wildman–Crippen LogP) is 0.964. The molecule has 1 fully saturated rings. The van der Waals surface area contributed by atoms with Gasteiger partial charge >= 0.3 is 0 Å². The molecule has 0 aromatic heterocycles. The molecule has 0 aromatic rings. The van der Waals surface area contributed by atoms with Gasteiger partial charge in [-0.2, -0.15) is 0 Å². The Balaban J connectivity index is 2.12. The Bertz CT molecular complexity index is 46.1. The van der Waals surface area contributed by atoms with E-state index in [0.29, 0.717) is 0 Å². The minimum atomic E-state index is 1.20. The summed E-state index contributed by atoms with van der Waals surface area (Å²) in [6, 6.07) is 0. The van der Waals surface area contributed by atoms with E-state index < -0.39 is 0 Å². The second kappa shape index (κ2) is 2.31. The van der Waals surface area contributed by atoms with Crippen LogP contribution in [-0.4, -0.2) is 13.1 Å². The fraction of sp³-hybridized carbons (Fsp3) is 0.833. The van der Waals surface area contributed by atoms with E-state index in [1.165, 1.54) is 25.9 Å². The molecule has 0 bridgehead atoms. The van der Waals surface area contributed by atoms with E-state index in [4.69, 9.17) is 0 Å². The smallest absolute Gasteiger partial charge is 0.00435 e. The van der Waals surface area contributed by atoms with Gasteiger partial charge in [-0.15, -0.1) is 0 Å². The Morgan fingerprint density at radius 3 is 2.14 bits per heavy atom. The first-order valence-corrected chi connectivity index (χ1v) is 2.91. The highest BCUT2D eigenvalue weighted by Crippen LogP contribution is 2.10. The standard InChI is InChI=1S/C6H12N/c1-6-2-4-7-5-3-6/h7H,2-5H2,1H3. The highest BCUT2D eigenvalue weighted by molar-refractivity contribution is 4.88. The van der Waals surface area contributed by atoms with Gasteiger partial charge in [0.15, 0.2) is 0 Å². The molecule has 1 N–H and O–H groups in total. The maximum Gasteiger partial charge on any atom is -0.00435 e. The quantitative estimate of drug-likeness (QED) is 0.476. The van der Waals surface area contributed by atoms with Crippen molar-refractivity contribution < 1.29 is 0 Å².